The van der Waals surface area contributed by atoms with Crippen molar-refractivity contribution in [2.75, 3.05) is 4.90 Å². The van der Waals surface area contributed by atoms with E-state index in [1.165, 1.54) is 43.4 Å². The van der Waals surface area contributed by atoms with Crippen LogP contribution >= 0.6 is 0 Å². The topological polar surface area (TPSA) is 35.2 Å². The van der Waals surface area contributed by atoms with E-state index in [2.05, 4.69) is 240 Å². The van der Waals surface area contributed by atoms with Crippen LogP contribution in [0.2, 0.25) is 0 Å². The summed E-state index contributed by atoms with van der Waals surface area (Å²) in [6, 6.07) is 64.2. The van der Waals surface area contributed by atoms with Crippen LogP contribution in [0.25, 0.3) is 82.1 Å². The van der Waals surface area contributed by atoms with E-state index >= 15 is 0 Å². The maximum atomic E-state index is 9.07. The first-order chi connectivity index (χ1) is 34.5. The third-order valence-corrected chi connectivity index (χ3v) is 14.7. The molecule has 350 valence electrons. The van der Waals surface area contributed by atoms with Gasteiger partial charge < -0.3 is 14.2 Å². The molecule has 12 rings (SSSR count). The number of rotatable bonds is 5. The lowest BCUT2D eigenvalue weighted by Gasteiger charge is -2.22. The molecule has 0 saturated carbocycles. The van der Waals surface area contributed by atoms with Crippen molar-refractivity contribution >= 4 is 76.5 Å². The number of pyridine rings is 1. The zero-order valence-corrected chi connectivity index (χ0v) is 42.2. The average molecular weight is 926 g/mol. The van der Waals surface area contributed by atoms with Gasteiger partial charge in [0.15, 0.2) is 0 Å². The number of para-hydroxylation sites is 2. The Kier molecular flexibility index (Phi) is 9.94. The standard InChI is InChI=1S/C66H60N4O/c1-64(2,3)43-19-14-18-42(36-43)49-26-16-27-55-52-24-12-10-22-50(52)51-23-11-13-25-53(51)56-28-17-29-59-63(56)69(62(49)55)41-68(59)46-20-15-21-47(39-46)71-48-31-32-54-57-37-44(65(4,5)6)30-33-58(57)70(60(54)40-48)61-38-45(34-35-67-61)66(7,8)9/h10-40H,41H2,1-9H3/i14D. The molecule has 1 aliphatic heterocycles. The summed E-state index contributed by atoms with van der Waals surface area (Å²) in [5, 5.41) is 9.42. The molecule has 8 aromatic carbocycles. The van der Waals surface area contributed by atoms with E-state index in [0.717, 1.165) is 78.2 Å². The van der Waals surface area contributed by atoms with E-state index < -0.39 is 0 Å². The van der Waals surface area contributed by atoms with Crippen LogP contribution in [0.5, 0.6) is 11.5 Å². The fraction of sp³-hybridized carbons (Fsp3) is 0.197. The highest BCUT2D eigenvalue weighted by molar-refractivity contribution is 6.22. The van der Waals surface area contributed by atoms with E-state index in [4.69, 9.17) is 11.1 Å². The van der Waals surface area contributed by atoms with Crippen LogP contribution in [-0.2, 0) is 22.9 Å². The summed E-state index contributed by atoms with van der Waals surface area (Å²) in [5.41, 5.74) is 12.2. The minimum Gasteiger partial charge on any atom is -0.457 e. The number of nitrogens with zero attached hydrogens (tertiary/aromatic N) is 4. The van der Waals surface area contributed by atoms with Gasteiger partial charge in [-0.05, 0) is 115 Å². The molecule has 0 atom stereocenters. The average Bonchev–Trinajstić information content (AvgIpc) is 3.92. The van der Waals surface area contributed by atoms with E-state index in [0.29, 0.717) is 12.7 Å². The van der Waals surface area contributed by atoms with Gasteiger partial charge in [-0.3, -0.25) is 4.57 Å². The van der Waals surface area contributed by atoms with Crippen LogP contribution in [-0.4, -0.2) is 14.1 Å². The Morgan fingerprint density at radius 1 is 0.465 bits per heavy atom. The number of ether oxygens (including phenoxy) is 1. The van der Waals surface area contributed by atoms with Crippen molar-refractivity contribution in [1.82, 2.24) is 14.1 Å². The third kappa shape index (κ3) is 7.58. The molecular formula is C66H60N4O. The van der Waals surface area contributed by atoms with Crippen molar-refractivity contribution in [3.8, 4) is 28.4 Å². The van der Waals surface area contributed by atoms with Gasteiger partial charge in [0.05, 0.1) is 29.1 Å². The summed E-state index contributed by atoms with van der Waals surface area (Å²) in [6.45, 7) is 20.8. The predicted octanol–water partition coefficient (Wildman–Crippen LogP) is 18.2. The number of hydrogen-bond acceptors (Lipinski definition) is 3. The molecular weight excluding hydrogens is 865 g/mol. The maximum Gasteiger partial charge on any atom is 0.137 e. The van der Waals surface area contributed by atoms with E-state index in [-0.39, 0.29) is 16.2 Å². The molecule has 0 amide bonds. The summed E-state index contributed by atoms with van der Waals surface area (Å²) in [7, 11) is 0. The van der Waals surface area contributed by atoms with E-state index in [9.17, 15) is 0 Å². The van der Waals surface area contributed by atoms with Crippen molar-refractivity contribution < 1.29 is 6.11 Å². The van der Waals surface area contributed by atoms with E-state index in [1.807, 2.05) is 18.3 Å². The minimum absolute atomic E-state index is 0.00304. The second-order valence-corrected chi connectivity index (χ2v) is 22.5. The van der Waals surface area contributed by atoms with Gasteiger partial charge in [0.1, 0.15) is 24.0 Å². The molecule has 1 aliphatic rings. The molecule has 11 aromatic rings. The highest BCUT2D eigenvalue weighted by Crippen LogP contribution is 2.46. The van der Waals surface area contributed by atoms with Crippen LogP contribution in [0.15, 0.2) is 188 Å². The zero-order chi connectivity index (χ0) is 49.8. The molecule has 0 spiro atoms. The van der Waals surface area contributed by atoms with Crippen molar-refractivity contribution in [1.29, 1.82) is 0 Å². The zero-order valence-electron chi connectivity index (χ0n) is 43.2. The van der Waals surface area contributed by atoms with Gasteiger partial charge in [-0.25, -0.2) is 4.98 Å². The molecule has 0 radical (unpaired) electrons. The lowest BCUT2D eigenvalue weighted by Crippen LogP contribution is -2.15. The molecule has 0 unspecified atom stereocenters. The second-order valence-electron chi connectivity index (χ2n) is 22.5. The smallest absolute Gasteiger partial charge is 0.137 e. The first kappa shape index (κ1) is 43.2. The number of benzene rings is 8. The Hall–Kier alpha value is -7.89. The van der Waals surface area contributed by atoms with Crippen LogP contribution < -0.4 is 9.64 Å². The quantitative estimate of drug-likeness (QED) is 0.173. The SMILES string of the molecule is [2H]c1cc(-c2cccc3c4ccccc4c4ccccc4c4cccc5c4n(c23)CN5c2cccc(Oc3ccc4c5cc(C(C)(C)C)ccc5n(-c5cc(C(C)(C)C)ccn5)c4c3)c2)cc(C(C)(C)C)c1. The molecule has 0 bridgehead atoms. The number of aromatic nitrogens is 3. The lowest BCUT2D eigenvalue weighted by atomic mass is 9.85. The summed E-state index contributed by atoms with van der Waals surface area (Å²) >= 11 is 0. The van der Waals surface area contributed by atoms with Crippen molar-refractivity contribution in [3.05, 3.63) is 205 Å². The summed E-state index contributed by atoms with van der Waals surface area (Å²) in [5.74, 6) is 2.39. The molecule has 0 N–H and O–H groups in total. The monoisotopic (exact) mass is 925 g/mol. The molecule has 3 aromatic heterocycles. The van der Waals surface area contributed by atoms with Crippen LogP contribution in [0.4, 0.5) is 11.4 Å². The summed E-state index contributed by atoms with van der Waals surface area (Å²) < 4.78 is 20.8. The molecule has 5 heteroatoms. The highest BCUT2D eigenvalue weighted by Gasteiger charge is 2.27. The Morgan fingerprint density at radius 2 is 1.07 bits per heavy atom. The first-order valence-electron chi connectivity index (χ1n) is 25.5. The number of fused-ring (bicyclic) bond motifs is 10. The fourth-order valence-electron chi connectivity index (χ4n) is 10.8. The van der Waals surface area contributed by atoms with Crippen molar-refractivity contribution in [2.45, 2.75) is 85.2 Å². The molecule has 71 heavy (non-hydrogen) atoms. The highest BCUT2D eigenvalue weighted by atomic mass is 16.5. The normalized spacial score (nSPS) is 13.3. The maximum absolute atomic E-state index is 9.07. The predicted molar refractivity (Wildman–Crippen MR) is 301 cm³/mol. The van der Waals surface area contributed by atoms with Crippen LogP contribution in [0.3, 0.4) is 0 Å². The van der Waals surface area contributed by atoms with Gasteiger partial charge in [-0.2, -0.15) is 0 Å². The van der Waals surface area contributed by atoms with Crippen LogP contribution in [0.1, 0.15) is 80.4 Å². The van der Waals surface area contributed by atoms with Gasteiger partial charge in [0.25, 0.3) is 0 Å². The fourth-order valence-corrected chi connectivity index (χ4v) is 10.8. The lowest BCUT2D eigenvalue weighted by molar-refractivity contribution is 0.483. The second kappa shape index (κ2) is 16.3. The minimum atomic E-state index is -0.131. The van der Waals surface area contributed by atoms with Crippen molar-refractivity contribution in [3.63, 3.8) is 0 Å². The Morgan fingerprint density at radius 3 is 1.77 bits per heavy atom. The van der Waals surface area contributed by atoms with Gasteiger partial charge in [0, 0.05) is 51.1 Å². The first-order valence-corrected chi connectivity index (χ1v) is 25.0. The van der Waals surface area contributed by atoms with E-state index in [1.54, 1.807) is 0 Å². The molecule has 4 heterocycles. The summed E-state index contributed by atoms with van der Waals surface area (Å²) in [6.07, 6.45) is 1.94. The largest absolute Gasteiger partial charge is 0.457 e. The van der Waals surface area contributed by atoms with Crippen LogP contribution in [0, 0.1) is 0 Å². The third-order valence-electron chi connectivity index (χ3n) is 14.7. The van der Waals surface area contributed by atoms with Gasteiger partial charge >= 0.3 is 0 Å². The number of hydrogen-bond donors (Lipinski definition) is 0. The molecule has 0 saturated heterocycles. The van der Waals surface area contributed by atoms with Gasteiger partial charge in [0.2, 0.25) is 0 Å². The van der Waals surface area contributed by atoms with Crippen molar-refractivity contribution in [2.24, 2.45) is 0 Å². The van der Waals surface area contributed by atoms with Gasteiger partial charge in [-0.15, -0.1) is 0 Å². The molecule has 0 fully saturated rings. The molecule has 5 nitrogen and oxygen atoms in total. The number of anilines is 2. The van der Waals surface area contributed by atoms with Gasteiger partial charge in [-0.1, -0.05) is 178 Å². The molecule has 0 aliphatic carbocycles. The Balaban J connectivity index is 1.04. The summed E-state index contributed by atoms with van der Waals surface area (Å²) in [4.78, 5) is 7.40. The Labute approximate surface area is 418 Å². The Bertz CT molecular complexity index is 4080.